The van der Waals surface area contributed by atoms with E-state index in [1.807, 2.05) is 11.8 Å². The number of non-ortho nitro benzene ring substituents is 1. The summed E-state index contributed by atoms with van der Waals surface area (Å²) in [4.78, 5) is 24.3. The molecule has 0 N–H and O–H groups in total. The highest BCUT2D eigenvalue weighted by Gasteiger charge is 2.18. The van der Waals surface area contributed by atoms with Crippen molar-refractivity contribution in [1.82, 2.24) is 4.90 Å². The SMILES string of the molecule is Cc1cc([N+](=O)[O-])ccc1CC(=O)N1CCCCC1. The number of rotatable bonds is 3. The zero-order valence-electron chi connectivity index (χ0n) is 11.1. The lowest BCUT2D eigenvalue weighted by Gasteiger charge is -2.27. The molecule has 0 aromatic heterocycles. The van der Waals surface area contributed by atoms with Gasteiger partial charge in [0.2, 0.25) is 5.91 Å². The van der Waals surface area contributed by atoms with E-state index in [0.29, 0.717) is 6.42 Å². The second-order valence-corrected chi connectivity index (χ2v) is 4.99. The third kappa shape index (κ3) is 3.30. The predicted molar refractivity (Wildman–Crippen MR) is 72.0 cm³/mol. The lowest BCUT2D eigenvalue weighted by atomic mass is 10.0. The number of nitro groups is 1. The molecule has 1 aliphatic rings. The molecule has 102 valence electrons. The van der Waals surface area contributed by atoms with Gasteiger partial charge in [0.25, 0.3) is 5.69 Å². The van der Waals surface area contributed by atoms with Crippen molar-refractivity contribution in [1.29, 1.82) is 0 Å². The second kappa shape index (κ2) is 5.82. The summed E-state index contributed by atoms with van der Waals surface area (Å²) in [5, 5.41) is 10.7. The van der Waals surface area contributed by atoms with Crippen molar-refractivity contribution in [3.05, 3.63) is 39.4 Å². The molecule has 1 fully saturated rings. The first-order valence-corrected chi connectivity index (χ1v) is 6.59. The lowest BCUT2D eigenvalue weighted by molar-refractivity contribution is -0.384. The molecule has 0 aliphatic carbocycles. The van der Waals surface area contributed by atoms with Crippen LogP contribution >= 0.6 is 0 Å². The van der Waals surface area contributed by atoms with Crippen LogP contribution in [-0.2, 0) is 11.2 Å². The van der Waals surface area contributed by atoms with Gasteiger partial charge >= 0.3 is 0 Å². The summed E-state index contributed by atoms with van der Waals surface area (Å²) in [6.07, 6.45) is 3.68. The highest BCUT2D eigenvalue weighted by Crippen LogP contribution is 2.19. The monoisotopic (exact) mass is 262 g/mol. The van der Waals surface area contributed by atoms with Gasteiger partial charge in [0.1, 0.15) is 0 Å². The molecule has 5 nitrogen and oxygen atoms in total. The number of nitro benzene ring substituents is 1. The Balaban J connectivity index is 2.06. The van der Waals surface area contributed by atoms with E-state index in [4.69, 9.17) is 0 Å². The van der Waals surface area contributed by atoms with E-state index in [9.17, 15) is 14.9 Å². The molecule has 0 radical (unpaired) electrons. The van der Waals surface area contributed by atoms with Crippen molar-refractivity contribution in [2.45, 2.75) is 32.6 Å². The Labute approximate surface area is 112 Å². The van der Waals surface area contributed by atoms with Crippen LogP contribution in [0.1, 0.15) is 30.4 Å². The standard InChI is InChI=1S/C14H18N2O3/c1-11-9-13(16(18)19)6-5-12(11)10-14(17)15-7-3-2-4-8-15/h5-6,9H,2-4,7-8,10H2,1H3. The van der Waals surface area contributed by atoms with E-state index in [0.717, 1.165) is 37.1 Å². The van der Waals surface area contributed by atoms with Crippen LogP contribution in [0.15, 0.2) is 18.2 Å². The van der Waals surface area contributed by atoms with Crippen molar-refractivity contribution < 1.29 is 9.72 Å². The molecule has 1 aliphatic heterocycles. The van der Waals surface area contributed by atoms with Gasteiger partial charge in [-0.05, 0) is 37.3 Å². The molecule has 1 saturated heterocycles. The van der Waals surface area contributed by atoms with E-state index >= 15 is 0 Å². The van der Waals surface area contributed by atoms with Crippen LogP contribution in [0.5, 0.6) is 0 Å². The number of benzene rings is 1. The van der Waals surface area contributed by atoms with Crippen LogP contribution in [0, 0.1) is 17.0 Å². The minimum absolute atomic E-state index is 0.0756. The van der Waals surface area contributed by atoms with Gasteiger partial charge in [0.15, 0.2) is 0 Å². The molecule has 0 bridgehead atoms. The molecule has 0 atom stereocenters. The number of carbonyl (C=O) groups excluding carboxylic acids is 1. The quantitative estimate of drug-likeness (QED) is 0.621. The first-order chi connectivity index (χ1) is 9.08. The molecule has 1 amide bonds. The van der Waals surface area contributed by atoms with Gasteiger partial charge in [-0.3, -0.25) is 14.9 Å². The molecular weight excluding hydrogens is 244 g/mol. The first kappa shape index (κ1) is 13.5. The lowest BCUT2D eigenvalue weighted by Crippen LogP contribution is -2.36. The fourth-order valence-electron chi connectivity index (χ4n) is 2.41. The van der Waals surface area contributed by atoms with Gasteiger partial charge in [0.05, 0.1) is 11.3 Å². The van der Waals surface area contributed by atoms with Crippen molar-refractivity contribution in [3.63, 3.8) is 0 Å². The molecule has 0 saturated carbocycles. The van der Waals surface area contributed by atoms with Gasteiger partial charge in [-0.2, -0.15) is 0 Å². The molecule has 1 aromatic rings. The molecular formula is C14H18N2O3. The Kier molecular flexibility index (Phi) is 4.14. The third-order valence-electron chi connectivity index (χ3n) is 3.59. The number of piperidine rings is 1. The van der Waals surface area contributed by atoms with Gasteiger partial charge in [-0.1, -0.05) is 6.07 Å². The number of nitrogens with zero attached hydrogens (tertiary/aromatic N) is 2. The molecule has 2 rings (SSSR count). The van der Waals surface area contributed by atoms with Crippen molar-refractivity contribution in [2.24, 2.45) is 0 Å². The fourth-order valence-corrected chi connectivity index (χ4v) is 2.41. The Bertz CT molecular complexity index is 493. The third-order valence-corrected chi connectivity index (χ3v) is 3.59. The average Bonchev–Trinajstić information content (AvgIpc) is 2.41. The molecule has 5 heteroatoms. The Morgan fingerprint density at radius 2 is 2.00 bits per heavy atom. The smallest absolute Gasteiger partial charge is 0.269 e. The maximum absolute atomic E-state index is 12.1. The number of carbonyl (C=O) groups is 1. The van der Waals surface area contributed by atoms with Crippen LogP contribution in [0.3, 0.4) is 0 Å². The Hall–Kier alpha value is -1.91. The summed E-state index contributed by atoms with van der Waals surface area (Å²) in [5.41, 5.74) is 1.76. The fraction of sp³-hybridized carbons (Fsp3) is 0.500. The molecule has 0 spiro atoms. The minimum Gasteiger partial charge on any atom is -0.342 e. The van der Waals surface area contributed by atoms with Gasteiger partial charge in [0, 0.05) is 25.2 Å². The molecule has 1 aromatic carbocycles. The topological polar surface area (TPSA) is 63.5 Å². The van der Waals surface area contributed by atoms with Crippen molar-refractivity contribution in [3.8, 4) is 0 Å². The van der Waals surface area contributed by atoms with Crippen LogP contribution in [0.2, 0.25) is 0 Å². The van der Waals surface area contributed by atoms with Gasteiger partial charge in [-0.15, -0.1) is 0 Å². The highest BCUT2D eigenvalue weighted by molar-refractivity contribution is 5.79. The second-order valence-electron chi connectivity index (χ2n) is 4.99. The normalized spacial score (nSPS) is 15.3. The van der Waals surface area contributed by atoms with Crippen LogP contribution in [0.25, 0.3) is 0 Å². The number of amides is 1. The number of likely N-dealkylation sites (tertiary alicyclic amines) is 1. The summed E-state index contributed by atoms with van der Waals surface area (Å²) in [5.74, 6) is 0.122. The summed E-state index contributed by atoms with van der Waals surface area (Å²) in [6, 6.07) is 4.68. The minimum atomic E-state index is -0.413. The molecule has 1 heterocycles. The summed E-state index contributed by atoms with van der Waals surface area (Å²) in [7, 11) is 0. The largest absolute Gasteiger partial charge is 0.342 e. The Morgan fingerprint density at radius 3 is 2.58 bits per heavy atom. The van der Waals surface area contributed by atoms with E-state index < -0.39 is 4.92 Å². The number of hydrogen-bond acceptors (Lipinski definition) is 3. The van der Waals surface area contributed by atoms with Crippen LogP contribution in [0.4, 0.5) is 5.69 Å². The number of hydrogen-bond donors (Lipinski definition) is 0. The molecule has 0 unspecified atom stereocenters. The van der Waals surface area contributed by atoms with Gasteiger partial charge < -0.3 is 4.90 Å². The van der Waals surface area contributed by atoms with E-state index in [1.54, 1.807) is 6.07 Å². The molecule has 19 heavy (non-hydrogen) atoms. The van der Waals surface area contributed by atoms with Gasteiger partial charge in [-0.25, -0.2) is 0 Å². The zero-order chi connectivity index (χ0) is 13.8. The van der Waals surface area contributed by atoms with Crippen LogP contribution in [-0.4, -0.2) is 28.8 Å². The van der Waals surface area contributed by atoms with E-state index in [2.05, 4.69) is 0 Å². The summed E-state index contributed by atoms with van der Waals surface area (Å²) in [6.45, 7) is 3.49. The maximum Gasteiger partial charge on any atom is 0.269 e. The van der Waals surface area contributed by atoms with E-state index in [1.165, 1.54) is 18.6 Å². The maximum atomic E-state index is 12.1. The number of aryl methyl sites for hydroxylation is 1. The van der Waals surface area contributed by atoms with Crippen LogP contribution < -0.4 is 0 Å². The highest BCUT2D eigenvalue weighted by atomic mass is 16.6. The van der Waals surface area contributed by atoms with E-state index in [-0.39, 0.29) is 11.6 Å². The zero-order valence-corrected chi connectivity index (χ0v) is 11.1. The average molecular weight is 262 g/mol. The van der Waals surface area contributed by atoms with Crippen molar-refractivity contribution in [2.75, 3.05) is 13.1 Å². The first-order valence-electron chi connectivity index (χ1n) is 6.59. The Morgan fingerprint density at radius 1 is 1.32 bits per heavy atom. The van der Waals surface area contributed by atoms with Crippen molar-refractivity contribution >= 4 is 11.6 Å². The summed E-state index contributed by atoms with van der Waals surface area (Å²) >= 11 is 0. The summed E-state index contributed by atoms with van der Waals surface area (Å²) < 4.78 is 0. The predicted octanol–water partition coefficient (Wildman–Crippen LogP) is 2.46.